The molecule has 1 aromatic carbocycles. The SMILES string of the molecule is Cc1ccn(-c2cccc(Cc3cccc(-c4ncc[nH]4)n3)c2)n1. The summed E-state index contributed by atoms with van der Waals surface area (Å²) in [5.41, 5.74) is 5.13. The monoisotopic (exact) mass is 315 g/mol. The Morgan fingerprint density at radius 3 is 2.79 bits per heavy atom. The fourth-order valence-corrected chi connectivity index (χ4v) is 2.69. The molecule has 0 saturated carbocycles. The smallest absolute Gasteiger partial charge is 0.155 e. The van der Waals surface area contributed by atoms with Crippen LogP contribution in [0.25, 0.3) is 17.2 Å². The molecule has 0 spiro atoms. The summed E-state index contributed by atoms with van der Waals surface area (Å²) in [7, 11) is 0. The lowest BCUT2D eigenvalue weighted by molar-refractivity contribution is 0.860. The Bertz CT molecular complexity index is 953. The van der Waals surface area contributed by atoms with Crippen LogP contribution in [0.5, 0.6) is 0 Å². The van der Waals surface area contributed by atoms with E-state index in [1.807, 2.05) is 42.1 Å². The maximum Gasteiger partial charge on any atom is 0.155 e. The van der Waals surface area contributed by atoms with Gasteiger partial charge < -0.3 is 4.98 Å². The molecule has 5 heteroatoms. The zero-order chi connectivity index (χ0) is 16.4. The first kappa shape index (κ1) is 14.4. The first-order chi connectivity index (χ1) is 11.8. The van der Waals surface area contributed by atoms with Crippen molar-refractivity contribution in [2.24, 2.45) is 0 Å². The van der Waals surface area contributed by atoms with Crippen molar-refractivity contribution in [2.45, 2.75) is 13.3 Å². The van der Waals surface area contributed by atoms with Crippen LogP contribution in [0.1, 0.15) is 17.0 Å². The lowest BCUT2D eigenvalue weighted by Crippen LogP contribution is -1.98. The van der Waals surface area contributed by atoms with E-state index in [-0.39, 0.29) is 0 Å². The van der Waals surface area contributed by atoms with Gasteiger partial charge in [0, 0.05) is 30.7 Å². The van der Waals surface area contributed by atoms with Crippen molar-refractivity contribution in [1.29, 1.82) is 0 Å². The van der Waals surface area contributed by atoms with Crippen molar-refractivity contribution in [1.82, 2.24) is 24.7 Å². The highest BCUT2D eigenvalue weighted by Gasteiger charge is 2.05. The molecule has 0 unspecified atom stereocenters. The van der Waals surface area contributed by atoms with E-state index in [9.17, 15) is 0 Å². The summed E-state index contributed by atoms with van der Waals surface area (Å²) in [6, 6.07) is 16.4. The maximum absolute atomic E-state index is 4.70. The Labute approximate surface area is 140 Å². The van der Waals surface area contributed by atoms with E-state index < -0.39 is 0 Å². The molecule has 24 heavy (non-hydrogen) atoms. The van der Waals surface area contributed by atoms with Crippen molar-refractivity contribution in [3.05, 3.63) is 84.1 Å². The zero-order valence-electron chi connectivity index (χ0n) is 13.3. The van der Waals surface area contributed by atoms with Crippen LogP contribution in [0, 0.1) is 6.92 Å². The molecule has 118 valence electrons. The number of aromatic amines is 1. The summed E-state index contributed by atoms with van der Waals surface area (Å²) in [4.78, 5) is 12.1. The summed E-state index contributed by atoms with van der Waals surface area (Å²) in [5, 5.41) is 4.47. The average molecular weight is 315 g/mol. The van der Waals surface area contributed by atoms with Gasteiger partial charge in [-0.2, -0.15) is 5.10 Å². The van der Waals surface area contributed by atoms with Crippen LogP contribution in [0.2, 0.25) is 0 Å². The molecular weight excluding hydrogens is 298 g/mol. The minimum absolute atomic E-state index is 0.767. The van der Waals surface area contributed by atoms with Crippen LogP contribution < -0.4 is 0 Å². The van der Waals surface area contributed by atoms with E-state index in [2.05, 4.69) is 39.3 Å². The Hall–Kier alpha value is -3.21. The predicted octanol–water partition coefficient (Wildman–Crippen LogP) is 3.56. The minimum Gasteiger partial charge on any atom is -0.343 e. The molecule has 1 N–H and O–H groups in total. The standard InChI is InChI=1S/C19H17N5/c1-14-8-11-24(23-14)17-6-2-4-15(13-17)12-16-5-3-7-18(22-16)19-20-9-10-21-19/h2-11,13H,12H2,1H3,(H,20,21). The highest BCUT2D eigenvalue weighted by atomic mass is 15.3. The summed E-state index contributed by atoms with van der Waals surface area (Å²) in [6.45, 7) is 1.99. The van der Waals surface area contributed by atoms with Crippen LogP contribution in [0.4, 0.5) is 0 Å². The number of hydrogen-bond donors (Lipinski definition) is 1. The lowest BCUT2D eigenvalue weighted by atomic mass is 10.1. The van der Waals surface area contributed by atoms with Crippen molar-refractivity contribution >= 4 is 0 Å². The van der Waals surface area contributed by atoms with E-state index >= 15 is 0 Å². The van der Waals surface area contributed by atoms with Crippen molar-refractivity contribution in [3.63, 3.8) is 0 Å². The fraction of sp³-hybridized carbons (Fsp3) is 0.105. The molecule has 0 amide bonds. The second-order valence-corrected chi connectivity index (χ2v) is 5.70. The molecule has 4 rings (SSSR count). The van der Waals surface area contributed by atoms with Crippen molar-refractivity contribution < 1.29 is 0 Å². The normalized spacial score (nSPS) is 10.9. The van der Waals surface area contributed by atoms with Gasteiger partial charge >= 0.3 is 0 Å². The zero-order valence-corrected chi connectivity index (χ0v) is 13.3. The molecule has 3 heterocycles. The summed E-state index contributed by atoms with van der Waals surface area (Å²) >= 11 is 0. The molecule has 0 bridgehead atoms. The number of nitrogens with one attached hydrogen (secondary N) is 1. The number of pyridine rings is 1. The maximum atomic E-state index is 4.70. The lowest BCUT2D eigenvalue weighted by Gasteiger charge is -2.06. The molecule has 5 nitrogen and oxygen atoms in total. The van der Waals surface area contributed by atoms with Gasteiger partial charge in [0.25, 0.3) is 0 Å². The van der Waals surface area contributed by atoms with E-state index in [0.29, 0.717) is 0 Å². The van der Waals surface area contributed by atoms with Gasteiger partial charge in [-0.15, -0.1) is 0 Å². The Morgan fingerprint density at radius 1 is 1.08 bits per heavy atom. The molecule has 3 aromatic heterocycles. The molecule has 0 radical (unpaired) electrons. The average Bonchev–Trinajstić information content (AvgIpc) is 3.27. The van der Waals surface area contributed by atoms with Gasteiger partial charge in [0.05, 0.1) is 11.4 Å². The topological polar surface area (TPSA) is 59.4 Å². The number of benzene rings is 1. The van der Waals surface area contributed by atoms with E-state index in [4.69, 9.17) is 4.98 Å². The molecular formula is C19H17N5. The summed E-state index contributed by atoms with van der Waals surface area (Å²) in [5.74, 6) is 0.789. The number of rotatable bonds is 4. The Kier molecular flexibility index (Phi) is 3.67. The summed E-state index contributed by atoms with van der Waals surface area (Å²) in [6.07, 6.45) is 6.28. The molecule has 4 aromatic rings. The summed E-state index contributed by atoms with van der Waals surface area (Å²) < 4.78 is 1.89. The van der Waals surface area contributed by atoms with Gasteiger partial charge in [-0.25, -0.2) is 14.6 Å². The molecule has 0 saturated heterocycles. The van der Waals surface area contributed by atoms with Gasteiger partial charge in [0.2, 0.25) is 0 Å². The van der Waals surface area contributed by atoms with Gasteiger partial charge in [0.15, 0.2) is 5.82 Å². The second-order valence-electron chi connectivity index (χ2n) is 5.70. The van der Waals surface area contributed by atoms with Gasteiger partial charge in [-0.1, -0.05) is 18.2 Å². The third kappa shape index (κ3) is 2.96. The van der Waals surface area contributed by atoms with Crippen LogP contribution in [0.3, 0.4) is 0 Å². The predicted molar refractivity (Wildman–Crippen MR) is 92.9 cm³/mol. The first-order valence-corrected chi connectivity index (χ1v) is 7.85. The number of hydrogen-bond acceptors (Lipinski definition) is 3. The van der Waals surface area contributed by atoms with E-state index in [1.165, 1.54) is 5.56 Å². The van der Waals surface area contributed by atoms with Crippen molar-refractivity contribution in [3.8, 4) is 17.2 Å². The minimum atomic E-state index is 0.767. The third-order valence-corrected chi connectivity index (χ3v) is 3.83. The van der Waals surface area contributed by atoms with Crippen molar-refractivity contribution in [2.75, 3.05) is 0 Å². The van der Waals surface area contributed by atoms with Crippen LogP contribution >= 0.6 is 0 Å². The quantitative estimate of drug-likeness (QED) is 0.626. The fourth-order valence-electron chi connectivity index (χ4n) is 2.69. The van der Waals surface area contributed by atoms with Gasteiger partial charge in [0.1, 0.15) is 5.69 Å². The Morgan fingerprint density at radius 2 is 2.00 bits per heavy atom. The van der Waals surface area contributed by atoms with E-state index in [0.717, 1.165) is 35.0 Å². The first-order valence-electron chi connectivity index (χ1n) is 7.85. The van der Waals surface area contributed by atoms with E-state index in [1.54, 1.807) is 12.4 Å². The molecule has 0 aliphatic heterocycles. The second kappa shape index (κ2) is 6.12. The number of nitrogens with zero attached hydrogens (tertiary/aromatic N) is 4. The number of aromatic nitrogens is 5. The largest absolute Gasteiger partial charge is 0.343 e. The van der Waals surface area contributed by atoms with Crippen LogP contribution in [0.15, 0.2) is 67.1 Å². The van der Waals surface area contributed by atoms with Crippen LogP contribution in [-0.2, 0) is 6.42 Å². The molecule has 0 atom stereocenters. The highest BCUT2D eigenvalue weighted by Crippen LogP contribution is 2.16. The number of aryl methyl sites for hydroxylation is 1. The van der Waals surface area contributed by atoms with Crippen LogP contribution in [-0.4, -0.2) is 24.7 Å². The molecule has 0 aliphatic rings. The van der Waals surface area contributed by atoms with Gasteiger partial charge in [-0.3, -0.25) is 0 Å². The van der Waals surface area contributed by atoms with Gasteiger partial charge in [-0.05, 0) is 42.8 Å². The number of imidazole rings is 1. The molecule has 0 aliphatic carbocycles. The third-order valence-electron chi connectivity index (χ3n) is 3.83. The molecule has 0 fully saturated rings. The Balaban J connectivity index is 1.61. The highest BCUT2D eigenvalue weighted by molar-refractivity contribution is 5.49. The number of H-pyrrole nitrogens is 1.